The molecule has 0 aromatic carbocycles. The van der Waals surface area contributed by atoms with E-state index in [4.69, 9.17) is 0 Å². The van der Waals surface area contributed by atoms with Crippen LogP contribution in [-0.4, -0.2) is 19.4 Å². The summed E-state index contributed by atoms with van der Waals surface area (Å²) in [7, 11) is 0. The molecule has 0 bridgehead atoms. The van der Waals surface area contributed by atoms with Crippen molar-refractivity contribution in [2.75, 3.05) is 13.1 Å². The summed E-state index contributed by atoms with van der Waals surface area (Å²) in [5.41, 5.74) is 0. The maximum absolute atomic E-state index is 10.1. The molecule has 62 valence electrons. The molecule has 0 aromatic rings. The van der Waals surface area contributed by atoms with Gasteiger partial charge in [0.1, 0.15) is 6.29 Å². The average Bonchev–Trinajstić information content (AvgIpc) is 2.10. The Morgan fingerprint density at radius 2 is 1.90 bits per heavy atom. The second-order valence-corrected chi connectivity index (χ2v) is 2.22. The summed E-state index contributed by atoms with van der Waals surface area (Å²) in [6.07, 6.45) is 3.13. The zero-order chi connectivity index (χ0) is 7.82. The molecule has 1 saturated heterocycles. The Kier molecular flexibility index (Phi) is 6.50. The molecule has 0 atom stereocenters. The minimum absolute atomic E-state index is 0. The lowest BCUT2D eigenvalue weighted by molar-refractivity contribution is -0.111. The van der Waals surface area contributed by atoms with Gasteiger partial charge in [-0.2, -0.15) is 0 Å². The highest BCUT2D eigenvalue weighted by molar-refractivity contribution is 5.53. The first-order valence-corrected chi connectivity index (χ1v) is 4.09. The molecule has 1 N–H and O–H groups in total. The van der Waals surface area contributed by atoms with Crippen LogP contribution >= 0.6 is 0 Å². The summed E-state index contributed by atoms with van der Waals surface area (Å²) in [5, 5.41) is 3.19. The number of aldehydes is 1. The lowest BCUT2D eigenvalue weighted by atomic mass is 10.0. The minimum atomic E-state index is 0. The van der Waals surface area contributed by atoms with Crippen LogP contribution in [0, 0.1) is 5.92 Å². The van der Waals surface area contributed by atoms with Crippen molar-refractivity contribution in [1.29, 1.82) is 0 Å². The molecule has 0 spiro atoms. The third-order valence-corrected chi connectivity index (χ3v) is 1.58. The number of hydrogen-bond donors (Lipinski definition) is 1. The molecule has 0 radical (unpaired) electrons. The molecule has 1 aliphatic heterocycles. The van der Waals surface area contributed by atoms with E-state index in [9.17, 15) is 4.79 Å². The Bertz CT molecular complexity index is 82.2. The smallest absolute Gasteiger partial charge is 0.123 e. The van der Waals surface area contributed by atoms with Crippen LogP contribution in [0.5, 0.6) is 0 Å². The third kappa shape index (κ3) is 3.62. The normalized spacial score (nSPS) is 19.0. The van der Waals surface area contributed by atoms with Gasteiger partial charge in [0.05, 0.1) is 0 Å². The van der Waals surface area contributed by atoms with Gasteiger partial charge in [0, 0.05) is 7.34 Å². The van der Waals surface area contributed by atoms with E-state index >= 15 is 0 Å². The van der Waals surface area contributed by atoms with E-state index in [1.54, 1.807) is 0 Å². The number of nitrogens with one attached hydrogen (secondary N) is 1. The number of carbonyl (C=O) groups excluding carboxylic acids is 1. The van der Waals surface area contributed by atoms with Gasteiger partial charge < -0.3 is 10.1 Å². The monoisotopic (exact) mass is 145 g/mol. The summed E-state index contributed by atoms with van der Waals surface area (Å²) >= 11 is 0. The first kappa shape index (κ1) is 9.63. The van der Waals surface area contributed by atoms with E-state index in [-0.39, 0.29) is 1.43 Å². The Morgan fingerprint density at radius 3 is 2.20 bits per heavy atom. The molecule has 2 heteroatoms. The summed E-state index contributed by atoms with van der Waals surface area (Å²) < 4.78 is 0. The van der Waals surface area contributed by atoms with Crippen molar-refractivity contribution in [3.63, 3.8) is 0 Å². The predicted octanol–water partition coefficient (Wildman–Crippen LogP) is 1.46. The van der Waals surface area contributed by atoms with Crippen LogP contribution in [0.1, 0.15) is 28.1 Å². The van der Waals surface area contributed by atoms with E-state index < -0.39 is 0 Å². The quantitative estimate of drug-likeness (QED) is 0.566. The molecule has 10 heavy (non-hydrogen) atoms. The number of piperidine rings is 1. The van der Waals surface area contributed by atoms with Gasteiger partial charge in [-0.15, -0.1) is 0 Å². The standard InChI is InChI=1S/C6H11NO.C2H6.H2/c8-5-6-1-3-7-4-2-6;1-2;/h5-7H,1-4H2;1-2H3;1H. The fourth-order valence-electron chi connectivity index (χ4n) is 0.980. The second-order valence-electron chi connectivity index (χ2n) is 2.22. The van der Waals surface area contributed by atoms with E-state index in [1.807, 2.05) is 13.8 Å². The number of hydrogen-bond acceptors (Lipinski definition) is 2. The average molecular weight is 145 g/mol. The molecule has 0 aromatic heterocycles. The van der Waals surface area contributed by atoms with E-state index in [1.165, 1.54) is 0 Å². The lowest BCUT2D eigenvalue weighted by Crippen LogP contribution is -2.28. The molecular weight excluding hydrogens is 126 g/mol. The van der Waals surface area contributed by atoms with E-state index in [2.05, 4.69) is 5.32 Å². The van der Waals surface area contributed by atoms with Crippen LogP contribution < -0.4 is 5.32 Å². The van der Waals surface area contributed by atoms with Gasteiger partial charge in [-0.05, 0) is 25.9 Å². The van der Waals surface area contributed by atoms with E-state index in [0.717, 1.165) is 32.2 Å². The van der Waals surface area contributed by atoms with Gasteiger partial charge in [0.25, 0.3) is 0 Å². The number of carbonyl (C=O) groups is 1. The van der Waals surface area contributed by atoms with Crippen LogP contribution in [0.4, 0.5) is 0 Å². The molecular formula is C8H19NO. The van der Waals surface area contributed by atoms with Crippen molar-refractivity contribution in [3.05, 3.63) is 0 Å². The van der Waals surface area contributed by atoms with Crippen molar-refractivity contribution < 1.29 is 6.22 Å². The van der Waals surface area contributed by atoms with Crippen LogP contribution in [0.25, 0.3) is 0 Å². The lowest BCUT2D eigenvalue weighted by Gasteiger charge is -2.16. The Morgan fingerprint density at radius 1 is 1.40 bits per heavy atom. The largest absolute Gasteiger partial charge is 0.317 e. The summed E-state index contributed by atoms with van der Waals surface area (Å²) in [5.74, 6) is 0.344. The topological polar surface area (TPSA) is 29.1 Å². The zero-order valence-electron chi connectivity index (χ0n) is 6.89. The first-order chi connectivity index (χ1) is 4.93. The number of rotatable bonds is 1. The van der Waals surface area contributed by atoms with E-state index in [0.29, 0.717) is 5.92 Å². The molecule has 1 rings (SSSR count). The Hall–Kier alpha value is -0.370. The van der Waals surface area contributed by atoms with Crippen molar-refractivity contribution >= 4 is 6.29 Å². The predicted molar refractivity (Wildman–Crippen MR) is 45.1 cm³/mol. The summed E-state index contributed by atoms with van der Waals surface area (Å²) in [6, 6.07) is 0. The highest BCUT2D eigenvalue weighted by Crippen LogP contribution is 2.06. The SMILES string of the molecule is CC.O=CC1CCNCC1.[HH]. The van der Waals surface area contributed by atoms with Crippen LogP contribution in [0.15, 0.2) is 0 Å². The van der Waals surface area contributed by atoms with Gasteiger partial charge >= 0.3 is 0 Å². The maximum Gasteiger partial charge on any atom is 0.123 e. The van der Waals surface area contributed by atoms with Gasteiger partial charge in [0.15, 0.2) is 0 Å². The van der Waals surface area contributed by atoms with Crippen molar-refractivity contribution in [2.24, 2.45) is 5.92 Å². The Labute approximate surface area is 64.5 Å². The van der Waals surface area contributed by atoms with Gasteiger partial charge in [-0.3, -0.25) is 0 Å². The molecule has 0 amide bonds. The molecule has 1 aliphatic rings. The highest BCUT2D eigenvalue weighted by atomic mass is 16.1. The maximum atomic E-state index is 10.1. The second kappa shape index (κ2) is 6.75. The zero-order valence-corrected chi connectivity index (χ0v) is 6.89. The van der Waals surface area contributed by atoms with Crippen LogP contribution in [0.3, 0.4) is 0 Å². The molecule has 1 fully saturated rings. The van der Waals surface area contributed by atoms with Gasteiger partial charge in [-0.25, -0.2) is 0 Å². The third-order valence-electron chi connectivity index (χ3n) is 1.58. The Balaban J connectivity index is 0. The van der Waals surface area contributed by atoms with Crippen molar-refractivity contribution in [3.8, 4) is 0 Å². The first-order valence-electron chi connectivity index (χ1n) is 4.09. The minimum Gasteiger partial charge on any atom is -0.317 e. The molecule has 0 aliphatic carbocycles. The summed E-state index contributed by atoms with van der Waals surface area (Å²) in [4.78, 5) is 10.1. The van der Waals surface area contributed by atoms with Crippen LogP contribution in [-0.2, 0) is 4.79 Å². The fraction of sp³-hybridized carbons (Fsp3) is 0.875. The molecule has 1 heterocycles. The van der Waals surface area contributed by atoms with Crippen LogP contribution in [0.2, 0.25) is 0 Å². The molecule has 2 nitrogen and oxygen atoms in total. The summed E-state index contributed by atoms with van der Waals surface area (Å²) in [6.45, 7) is 6.03. The van der Waals surface area contributed by atoms with Gasteiger partial charge in [0.2, 0.25) is 0 Å². The molecule has 0 saturated carbocycles. The van der Waals surface area contributed by atoms with Gasteiger partial charge in [-0.1, -0.05) is 13.8 Å². The fourth-order valence-corrected chi connectivity index (χ4v) is 0.980. The van der Waals surface area contributed by atoms with Crippen molar-refractivity contribution in [1.82, 2.24) is 5.32 Å². The highest BCUT2D eigenvalue weighted by Gasteiger charge is 2.09. The molecule has 0 unspecified atom stereocenters. The van der Waals surface area contributed by atoms with Crippen molar-refractivity contribution in [2.45, 2.75) is 26.7 Å².